The van der Waals surface area contributed by atoms with Crippen molar-refractivity contribution in [1.29, 1.82) is 0 Å². The highest BCUT2D eigenvalue weighted by atomic mass is 16.6. The van der Waals surface area contributed by atoms with Crippen molar-refractivity contribution in [3.8, 4) is 0 Å². The lowest BCUT2D eigenvalue weighted by Crippen LogP contribution is -2.52. The first-order valence-corrected chi connectivity index (χ1v) is 7.55. The molecule has 2 aliphatic heterocycles. The molecule has 2 amide bonds. The van der Waals surface area contributed by atoms with Crippen molar-refractivity contribution in [1.82, 2.24) is 9.80 Å². The zero-order valence-corrected chi connectivity index (χ0v) is 13.0. The Morgan fingerprint density at radius 1 is 1.30 bits per heavy atom. The lowest BCUT2D eigenvalue weighted by atomic mass is 9.93. The predicted octanol–water partition coefficient (Wildman–Crippen LogP) is 2.25. The molecule has 0 saturated carbocycles. The van der Waals surface area contributed by atoms with Gasteiger partial charge in [0.1, 0.15) is 5.60 Å². The fourth-order valence-electron chi connectivity index (χ4n) is 3.11. The van der Waals surface area contributed by atoms with Crippen molar-refractivity contribution in [2.24, 2.45) is 5.92 Å². The fourth-order valence-corrected chi connectivity index (χ4v) is 3.11. The number of carbonyl (C=O) groups is 2. The second kappa shape index (κ2) is 5.62. The van der Waals surface area contributed by atoms with Crippen molar-refractivity contribution in [2.45, 2.75) is 58.6 Å². The van der Waals surface area contributed by atoms with Crippen LogP contribution < -0.4 is 0 Å². The van der Waals surface area contributed by atoms with Gasteiger partial charge in [0.25, 0.3) is 0 Å². The molecule has 0 N–H and O–H groups in total. The molecule has 0 aromatic heterocycles. The molecule has 2 rings (SSSR count). The number of rotatable bonds is 1. The highest BCUT2D eigenvalue weighted by molar-refractivity contribution is 5.78. The largest absolute Gasteiger partial charge is 0.444 e. The maximum atomic E-state index is 12.1. The molecule has 0 aromatic carbocycles. The predicted molar refractivity (Wildman–Crippen MR) is 76.3 cm³/mol. The minimum Gasteiger partial charge on any atom is -0.444 e. The number of hydrogen-bond acceptors (Lipinski definition) is 3. The Labute approximate surface area is 121 Å². The molecular weight excluding hydrogens is 256 g/mol. The van der Waals surface area contributed by atoms with Crippen LogP contribution in [0.25, 0.3) is 0 Å². The Kier molecular flexibility index (Phi) is 4.25. The van der Waals surface area contributed by atoms with E-state index in [1.165, 1.54) is 0 Å². The van der Waals surface area contributed by atoms with E-state index in [2.05, 4.69) is 6.92 Å². The van der Waals surface area contributed by atoms with Crippen LogP contribution in [-0.2, 0) is 9.53 Å². The van der Waals surface area contributed by atoms with Gasteiger partial charge >= 0.3 is 6.09 Å². The second-order valence-electron chi connectivity index (χ2n) is 6.95. The van der Waals surface area contributed by atoms with Crippen molar-refractivity contribution < 1.29 is 14.3 Å². The van der Waals surface area contributed by atoms with Gasteiger partial charge in [-0.15, -0.1) is 0 Å². The number of likely N-dealkylation sites (tertiary alicyclic amines) is 2. The third-order valence-corrected chi connectivity index (χ3v) is 4.02. The highest BCUT2D eigenvalue weighted by Crippen LogP contribution is 2.27. The van der Waals surface area contributed by atoms with E-state index in [0.717, 1.165) is 19.4 Å². The molecule has 2 heterocycles. The summed E-state index contributed by atoms with van der Waals surface area (Å²) >= 11 is 0. The molecule has 2 aliphatic rings. The van der Waals surface area contributed by atoms with Crippen molar-refractivity contribution in [2.75, 3.05) is 19.6 Å². The van der Waals surface area contributed by atoms with Crippen LogP contribution in [0.2, 0.25) is 0 Å². The molecule has 2 fully saturated rings. The minimum atomic E-state index is -0.456. The number of carbonyl (C=O) groups excluding carboxylic acids is 2. The minimum absolute atomic E-state index is 0.240. The second-order valence-corrected chi connectivity index (χ2v) is 6.95. The summed E-state index contributed by atoms with van der Waals surface area (Å²) in [6.45, 7) is 9.97. The molecule has 5 nitrogen and oxygen atoms in total. The Morgan fingerprint density at radius 2 is 2.00 bits per heavy atom. The average molecular weight is 282 g/mol. The third kappa shape index (κ3) is 3.44. The van der Waals surface area contributed by atoms with Gasteiger partial charge in [-0.1, -0.05) is 6.92 Å². The lowest BCUT2D eigenvalue weighted by Gasteiger charge is -2.41. The van der Waals surface area contributed by atoms with Gasteiger partial charge in [-0.05, 0) is 39.5 Å². The summed E-state index contributed by atoms with van der Waals surface area (Å²) in [6, 6.07) is 0.281. The maximum Gasteiger partial charge on any atom is 0.410 e. The van der Waals surface area contributed by atoms with Gasteiger partial charge in [0.15, 0.2) is 0 Å². The van der Waals surface area contributed by atoms with E-state index in [1.807, 2.05) is 25.7 Å². The van der Waals surface area contributed by atoms with E-state index in [-0.39, 0.29) is 18.0 Å². The smallest absolute Gasteiger partial charge is 0.410 e. The lowest BCUT2D eigenvalue weighted by molar-refractivity contribution is -0.131. The molecule has 0 bridgehead atoms. The van der Waals surface area contributed by atoms with E-state index in [4.69, 9.17) is 4.74 Å². The molecule has 0 radical (unpaired) electrons. The SMILES string of the molecule is C[C@H]1CN(C(=O)OC(C)(C)C)CC[C@@H]1N1CCCC1=O. The first-order valence-electron chi connectivity index (χ1n) is 7.55. The van der Waals surface area contributed by atoms with E-state index in [0.29, 0.717) is 25.4 Å². The Bertz CT molecular complexity index is 389. The van der Waals surface area contributed by atoms with Crippen LogP contribution in [0.3, 0.4) is 0 Å². The summed E-state index contributed by atoms with van der Waals surface area (Å²) in [7, 11) is 0. The molecule has 0 aliphatic carbocycles. The third-order valence-electron chi connectivity index (χ3n) is 4.02. The normalized spacial score (nSPS) is 27.9. The van der Waals surface area contributed by atoms with E-state index >= 15 is 0 Å². The summed E-state index contributed by atoms with van der Waals surface area (Å²) in [5.74, 6) is 0.575. The first kappa shape index (κ1) is 15.1. The van der Waals surface area contributed by atoms with Gasteiger partial charge in [-0.25, -0.2) is 4.79 Å². The first-order chi connectivity index (χ1) is 9.28. The van der Waals surface area contributed by atoms with Gasteiger partial charge in [0.05, 0.1) is 0 Å². The zero-order chi connectivity index (χ0) is 14.9. The van der Waals surface area contributed by atoms with Crippen LogP contribution in [0, 0.1) is 5.92 Å². The van der Waals surface area contributed by atoms with Crippen molar-refractivity contribution in [3.63, 3.8) is 0 Å². The Hall–Kier alpha value is -1.26. The van der Waals surface area contributed by atoms with E-state index in [9.17, 15) is 9.59 Å². The van der Waals surface area contributed by atoms with Crippen LogP contribution >= 0.6 is 0 Å². The monoisotopic (exact) mass is 282 g/mol. The van der Waals surface area contributed by atoms with Gasteiger partial charge in [-0.3, -0.25) is 4.79 Å². The van der Waals surface area contributed by atoms with Crippen LogP contribution in [-0.4, -0.2) is 53.1 Å². The number of ether oxygens (including phenoxy) is 1. The van der Waals surface area contributed by atoms with Crippen LogP contribution in [0.1, 0.15) is 47.0 Å². The molecular formula is C15H26N2O3. The number of hydrogen-bond donors (Lipinski definition) is 0. The Morgan fingerprint density at radius 3 is 2.50 bits per heavy atom. The average Bonchev–Trinajstić information content (AvgIpc) is 2.73. The number of nitrogens with zero attached hydrogens (tertiary/aromatic N) is 2. The van der Waals surface area contributed by atoms with E-state index in [1.54, 1.807) is 4.90 Å². The zero-order valence-electron chi connectivity index (χ0n) is 13.0. The molecule has 0 spiro atoms. The number of amides is 2. The molecule has 2 atom stereocenters. The molecule has 0 unspecified atom stereocenters. The van der Waals surface area contributed by atoms with Gasteiger partial charge < -0.3 is 14.5 Å². The van der Waals surface area contributed by atoms with Gasteiger partial charge in [0.2, 0.25) is 5.91 Å². The van der Waals surface area contributed by atoms with Crippen molar-refractivity contribution in [3.05, 3.63) is 0 Å². The summed E-state index contributed by atoms with van der Waals surface area (Å²) in [4.78, 5) is 27.7. The number of piperidine rings is 1. The standard InChI is InChI=1S/C15H26N2O3/c1-11-10-16(14(19)20-15(2,3)4)9-7-12(11)17-8-5-6-13(17)18/h11-12H,5-10H2,1-4H3/t11-,12-/m0/s1. The summed E-state index contributed by atoms with van der Waals surface area (Å²) in [5, 5.41) is 0. The summed E-state index contributed by atoms with van der Waals surface area (Å²) in [5.41, 5.74) is -0.456. The van der Waals surface area contributed by atoms with E-state index < -0.39 is 5.60 Å². The molecule has 2 saturated heterocycles. The van der Waals surface area contributed by atoms with Crippen LogP contribution in [0.5, 0.6) is 0 Å². The summed E-state index contributed by atoms with van der Waals surface area (Å²) in [6.07, 6.45) is 2.26. The Balaban J connectivity index is 1.92. The van der Waals surface area contributed by atoms with Gasteiger partial charge in [0, 0.05) is 32.1 Å². The molecule has 0 aromatic rings. The quantitative estimate of drug-likeness (QED) is 0.741. The molecule has 114 valence electrons. The highest BCUT2D eigenvalue weighted by Gasteiger charge is 2.37. The van der Waals surface area contributed by atoms with Crippen molar-refractivity contribution >= 4 is 12.0 Å². The molecule has 20 heavy (non-hydrogen) atoms. The molecule has 5 heteroatoms. The fraction of sp³-hybridized carbons (Fsp3) is 0.867. The summed E-state index contributed by atoms with van der Waals surface area (Å²) < 4.78 is 5.41. The van der Waals surface area contributed by atoms with Gasteiger partial charge in [-0.2, -0.15) is 0 Å². The van der Waals surface area contributed by atoms with Crippen LogP contribution in [0.4, 0.5) is 4.79 Å². The topological polar surface area (TPSA) is 49.9 Å². The van der Waals surface area contributed by atoms with Crippen LogP contribution in [0.15, 0.2) is 0 Å². The maximum absolute atomic E-state index is 12.1.